The van der Waals surface area contributed by atoms with Gasteiger partial charge in [0.1, 0.15) is 6.61 Å². The maximum atomic E-state index is 11.1. The molecule has 0 radical (unpaired) electrons. The topological polar surface area (TPSA) is 38.8 Å². The molecule has 2 rings (SSSR count). The lowest BCUT2D eigenvalue weighted by atomic mass is 9.98. The first-order chi connectivity index (χ1) is 10.2. The molecule has 4 nitrogen and oxygen atoms in total. The maximum absolute atomic E-state index is 11.1. The molecule has 0 amide bonds. The van der Waals surface area contributed by atoms with E-state index < -0.39 is 0 Å². The van der Waals surface area contributed by atoms with E-state index in [9.17, 15) is 4.79 Å². The number of carbonyl (C=O) groups is 1. The highest BCUT2D eigenvalue weighted by Gasteiger charge is 2.24. The average Bonchev–Trinajstić information content (AvgIpc) is 2.50. The van der Waals surface area contributed by atoms with Gasteiger partial charge in [-0.3, -0.25) is 9.69 Å². The van der Waals surface area contributed by atoms with Crippen LogP contribution in [0.4, 0.5) is 0 Å². The van der Waals surface area contributed by atoms with E-state index in [1.165, 1.54) is 19.3 Å². The smallest absolute Gasteiger partial charge is 0.171 e. The molecular weight excluding hydrogens is 266 g/mol. The lowest BCUT2D eigenvalue weighted by Gasteiger charge is -2.38. The van der Waals surface area contributed by atoms with Crippen LogP contribution in [0.15, 0.2) is 18.2 Å². The number of nitrogens with zero attached hydrogens (tertiary/aromatic N) is 1. The Kier molecular flexibility index (Phi) is 5.62. The van der Waals surface area contributed by atoms with Crippen molar-refractivity contribution in [2.45, 2.75) is 45.2 Å². The first-order valence-electron chi connectivity index (χ1n) is 7.68. The van der Waals surface area contributed by atoms with Crippen molar-refractivity contribution in [3.8, 4) is 11.5 Å². The summed E-state index contributed by atoms with van der Waals surface area (Å²) in [5.74, 6) is 1.16. The first kappa shape index (κ1) is 15.8. The predicted octanol–water partition coefficient (Wildman–Crippen LogP) is 3.15. The second kappa shape index (κ2) is 7.46. The second-order valence-corrected chi connectivity index (χ2v) is 5.71. The molecule has 0 unspecified atom stereocenters. The zero-order valence-electron chi connectivity index (χ0n) is 13.2. The molecule has 2 atom stereocenters. The molecule has 0 aliphatic carbocycles. The van der Waals surface area contributed by atoms with Crippen LogP contribution < -0.4 is 9.47 Å². The number of methoxy groups -OCH3 is 1. The molecule has 1 saturated heterocycles. The predicted molar refractivity (Wildman–Crippen MR) is 83.4 cm³/mol. The van der Waals surface area contributed by atoms with Crippen molar-refractivity contribution in [2.75, 3.05) is 20.3 Å². The summed E-state index contributed by atoms with van der Waals surface area (Å²) < 4.78 is 11.1. The van der Waals surface area contributed by atoms with Crippen LogP contribution in [-0.4, -0.2) is 43.5 Å². The summed E-state index contributed by atoms with van der Waals surface area (Å²) in [5, 5.41) is 0. The van der Waals surface area contributed by atoms with Crippen molar-refractivity contribution in [1.29, 1.82) is 0 Å². The number of hydrogen-bond donors (Lipinski definition) is 0. The van der Waals surface area contributed by atoms with E-state index in [0.717, 1.165) is 12.8 Å². The van der Waals surface area contributed by atoms with Crippen LogP contribution in [-0.2, 0) is 0 Å². The number of carbonyl (C=O) groups excluding carboxylic acids is 1. The number of hydrogen-bond acceptors (Lipinski definition) is 4. The molecule has 1 aliphatic rings. The highest BCUT2D eigenvalue weighted by molar-refractivity contribution is 5.81. The SMILES string of the molecule is COc1cccc(C=O)c1OCCN1[C@H](C)CCC[C@@H]1C. The van der Waals surface area contributed by atoms with Crippen molar-refractivity contribution in [1.82, 2.24) is 4.90 Å². The fourth-order valence-corrected chi connectivity index (χ4v) is 3.11. The quantitative estimate of drug-likeness (QED) is 0.755. The summed E-state index contributed by atoms with van der Waals surface area (Å²) in [4.78, 5) is 13.6. The van der Waals surface area contributed by atoms with E-state index in [-0.39, 0.29) is 0 Å². The van der Waals surface area contributed by atoms with Crippen LogP contribution in [0.2, 0.25) is 0 Å². The van der Waals surface area contributed by atoms with Gasteiger partial charge in [0.2, 0.25) is 0 Å². The van der Waals surface area contributed by atoms with Gasteiger partial charge in [-0.2, -0.15) is 0 Å². The highest BCUT2D eigenvalue weighted by Crippen LogP contribution is 2.30. The summed E-state index contributed by atoms with van der Waals surface area (Å²) in [6.45, 7) is 5.99. The Labute approximate surface area is 127 Å². The van der Waals surface area contributed by atoms with E-state index in [1.54, 1.807) is 19.2 Å². The zero-order valence-corrected chi connectivity index (χ0v) is 13.2. The first-order valence-corrected chi connectivity index (χ1v) is 7.68. The van der Waals surface area contributed by atoms with Gasteiger partial charge in [-0.25, -0.2) is 0 Å². The summed E-state index contributed by atoms with van der Waals surface area (Å²) in [7, 11) is 1.59. The normalized spacial score (nSPS) is 22.8. The third kappa shape index (κ3) is 3.76. The van der Waals surface area contributed by atoms with Gasteiger partial charge in [0, 0.05) is 18.6 Å². The largest absolute Gasteiger partial charge is 0.493 e. The average molecular weight is 291 g/mol. The fraction of sp³-hybridized carbons (Fsp3) is 0.588. The van der Waals surface area contributed by atoms with Crippen molar-refractivity contribution < 1.29 is 14.3 Å². The molecule has 0 saturated carbocycles. The van der Waals surface area contributed by atoms with Crippen molar-refractivity contribution >= 4 is 6.29 Å². The molecular formula is C17H25NO3. The lowest BCUT2D eigenvalue weighted by Crippen LogP contribution is -2.45. The van der Waals surface area contributed by atoms with Crippen LogP contribution >= 0.6 is 0 Å². The molecule has 0 spiro atoms. The molecule has 21 heavy (non-hydrogen) atoms. The van der Waals surface area contributed by atoms with Crippen LogP contribution in [0, 0.1) is 0 Å². The molecule has 0 bridgehead atoms. The van der Waals surface area contributed by atoms with Crippen LogP contribution in [0.25, 0.3) is 0 Å². The summed E-state index contributed by atoms with van der Waals surface area (Å²) in [6.07, 6.45) is 4.61. The minimum Gasteiger partial charge on any atom is -0.493 e. The maximum Gasteiger partial charge on any atom is 0.171 e. The number of likely N-dealkylation sites (tertiary alicyclic amines) is 1. The molecule has 1 heterocycles. The monoisotopic (exact) mass is 291 g/mol. The van der Waals surface area contributed by atoms with Gasteiger partial charge in [-0.05, 0) is 38.8 Å². The van der Waals surface area contributed by atoms with E-state index in [0.29, 0.717) is 35.8 Å². The summed E-state index contributed by atoms with van der Waals surface area (Å²) in [6, 6.07) is 6.55. The number of piperidine rings is 1. The van der Waals surface area contributed by atoms with E-state index in [1.807, 2.05) is 6.07 Å². The van der Waals surface area contributed by atoms with Gasteiger partial charge in [0.15, 0.2) is 17.8 Å². The van der Waals surface area contributed by atoms with Crippen molar-refractivity contribution in [3.05, 3.63) is 23.8 Å². The minimum absolute atomic E-state index is 0.536. The molecule has 116 valence electrons. The Balaban J connectivity index is 1.98. The van der Waals surface area contributed by atoms with Crippen LogP contribution in [0.1, 0.15) is 43.5 Å². The number of rotatable bonds is 6. The van der Waals surface area contributed by atoms with E-state index in [4.69, 9.17) is 9.47 Å². The summed E-state index contributed by atoms with van der Waals surface area (Å²) in [5.41, 5.74) is 0.536. The number of aldehydes is 1. The van der Waals surface area contributed by atoms with Gasteiger partial charge in [-0.15, -0.1) is 0 Å². The lowest BCUT2D eigenvalue weighted by molar-refractivity contribution is 0.0841. The third-order valence-electron chi connectivity index (χ3n) is 4.33. The Morgan fingerprint density at radius 1 is 1.29 bits per heavy atom. The third-order valence-corrected chi connectivity index (χ3v) is 4.33. The molecule has 4 heteroatoms. The van der Waals surface area contributed by atoms with E-state index in [2.05, 4.69) is 18.7 Å². The molecule has 1 aromatic carbocycles. The van der Waals surface area contributed by atoms with Gasteiger partial charge in [-0.1, -0.05) is 12.5 Å². The Bertz CT molecular complexity index is 465. The molecule has 1 aromatic rings. The van der Waals surface area contributed by atoms with Crippen molar-refractivity contribution in [2.24, 2.45) is 0 Å². The number of benzene rings is 1. The number of ether oxygens (including phenoxy) is 2. The second-order valence-electron chi connectivity index (χ2n) is 5.71. The number of para-hydroxylation sites is 1. The highest BCUT2D eigenvalue weighted by atomic mass is 16.5. The minimum atomic E-state index is 0.536. The molecule has 1 fully saturated rings. The summed E-state index contributed by atoms with van der Waals surface area (Å²) >= 11 is 0. The van der Waals surface area contributed by atoms with Gasteiger partial charge >= 0.3 is 0 Å². The molecule has 0 aromatic heterocycles. The van der Waals surface area contributed by atoms with Gasteiger partial charge in [0.25, 0.3) is 0 Å². The fourth-order valence-electron chi connectivity index (χ4n) is 3.11. The van der Waals surface area contributed by atoms with Crippen LogP contribution in [0.5, 0.6) is 11.5 Å². The van der Waals surface area contributed by atoms with E-state index >= 15 is 0 Å². The Morgan fingerprint density at radius 3 is 2.62 bits per heavy atom. The zero-order chi connectivity index (χ0) is 15.2. The Morgan fingerprint density at radius 2 is 2.00 bits per heavy atom. The molecule has 1 aliphatic heterocycles. The van der Waals surface area contributed by atoms with Gasteiger partial charge < -0.3 is 9.47 Å². The van der Waals surface area contributed by atoms with Crippen molar-refractivity contribution in [3.63, 3.8) is 0 Å². The standard InChI is InChI=1S/C17H25NO3/c1-13-6-4-7-14(2)18(13)10-11-21-17-15(12-19)8-5-9-16(17)20-3/h5,8-9,12-14H,4,6-7,10-11H2,1-3H3/t13-,14+. The molecule has 0 N–H and O–H groups in total. The van der Waals surface area contributed by atoms with Gasteiger partial charge in [0.05, 0.1) is 12.7 Å². The Hall–Kier alpha value is -1.55. The van der Waals surface area contributed by atoms with Crippen LogP contribution in [0.3, 0.4) is 0 Å².